The number of carboxylic acids is 1. The molecule has 1 aliphatic heterocycles. The first-order valence-corrected chi connectivity index (χ1v) is 4.48. The molecular formula is C8H10F3NO4. The molecular weight excluding hydrogens is 231 g/mol. The molecule has 1 fully saturated rings. The van der Waals surface area contributed by atoms with Crippen molar-refractivity contribution in [1.29, 1.82) is 0 Å². The Bertz CT molecular complexity index is 304. The summed E-state index contributed by atoms with van der Waals surface area (Å²) in [5.74, 6) is -2.73. The van der Waals surface area contributed by atoms with Gasteiger partial charge < -0.3 is 15.1 Å². The van der Waals surface area contributed by atoms with Gasteiger partial charge in [-0.15, -0.1) is 0 Å². The second kappa shape index (κ2) is 4.28. The van der Waals surface area contributed by atoms with Crippen LogP contribution in [-0.4, -0.2) is 51.9 Å². The Balaban J connectivity index is 2.71. The number of carbonyl (C=O) groups excluding carboxylic acids is 1. The van der Waals surface area contributed by atoms with Crippen LogP contribution in [0.2, 0.25) is 0 Å². The second-order valence-corrected chi connectivity index (χ2v) is 3.58. The van der Waals surface area contributed by atoms with Crippen molar-refractivity contribution in [2.75, 3.05) is 6.54 Å². The molecule has 0 aromatic carbocycles. The number of amides is 1. The van der Waals surface area contributed by atoms with Crippen molar-refractivity contribution in [2.45, 2.75) is 31.2 Å². The Morgan fingerprint density at radius 3 is 2.38 bits per heavy atom. The van der Waals surface area contributed by atoms with E-state index in [4.69, 9.17) is 10.2 Å². The number of aliphatic carboxylic acids is 1. The smallest absolute Gasteiger partial charge is 0.397 e. The van der Waals surface area contributed by atoms with Crippen molar-refractivity contribution in [2.24, 2.45) is 0 Å². The first kappa shape index (κ1) is 12.8. The predicted octanol–water partition coefficient (Wildman–Crippen LogP) is -0.0148. The van der Waals surface area contributed by atoms with Crippen molar-refractivity contribution in [3.05, 3.63) is 0 Å². The summed E-state index contributed by atoms with van der Waals surface area (Å²) in [6.07, 6.45) is -7.70. The highest BCUT2D eigenvalue weighted by Gasteiger charge is 2.42. The number of carboxylic acid groups (broad SMARTS) is 1. The van der Waals surface area contributed by atoms with Gasteiger partial charge in [0.25, 0.3) is 0 Å². The quantitative estimate of drug-likeness (QED) is 0.712. The van der Waals surface area contributed by atoms with E-state index in [0.717, 1.165) is 0 Å². The van der Waals surface area contributed by atoms with E-state index < -0.39 is 36.6 Å². The summed E-state index contributed by atoms with van der Waals surface area (Å²) in [5, 5.41) is 17.8. The topological polar surface area (TPSA) is 77.8 Å². The number of β-amino-alcohol motifs (C(OH)–C–C–N with tert-alkyl or cyclic N) is 1. The molecule has 92 valence electrons. The Labute approximate surface area is 88.5 Å². The highest BCUT2D eigenvalue weighted by Crippen LogP contribution is 2.25. The molecule has 0 aromatic heterocycles. The van der Waals surface area contributed by atoms with Gasteiger partial charge in [-0.05, 0) is 0 Å². The maximum atomic E-state index is 11.9. The van der Waals surface area contributed by atoms with Gasteiger partial charge in [0.1, 0.15) is 12.5 Å². The van der Waals surface area contributed by atoms with Crippen molar-refractivity contribution in [3.8, 4) is 0 Å². The number of hydrogen-bond donors (Lipinski definition) is 2. The lowest BCUT2D eigenvalue weighted by molar-refractivity contribution is -0.165. The van der Waals surface area contributed by atoms with E-state index in [9.17, 15) is 22.8 Å². The summed E-state index contributed by atoms with van der Waals surface area (Å²) in [4.78, 5) is 22.4. The van der Waals surface area contributed by atoms with Crippen molar-refractivity contribution in [1.82, 2.24) is 4.90 Å². The van der Waals surface area contributed by atoms with Crippen LogP contribution in [0.1, 0.15) is 12.8 Å². The Hall–Kier alpha value is -1.31. The van der Waals surface area contributed by atoms with Gasteiger partial charge in [0.2, 0.25) is 5.91 Å². The van der Waals surface area contributed by atoms with Crippen molar-refractivity contribution in [3.63, 3.8) is 0 Å². The highest BCUT2D eigenvalue weighted by atomic mass is 19.4. The fraction of sp³-hybridized carbons (Fsp3) is 0.750. The van der Waals surface area contributed by atoms with E-state index >= 15 is 0 Å². The number of nitrogens with zero attached hydrogens (tertiary/aromatic N) is 1. The summed E-state index contributed by atoms with van der Waals surface area (Å²) in [5.41, 5.74) is 0. The van der Waals surface area contributed by atoms with Gasteiger partial charge in [-0.25, -0.2) is 4.79 Å². The molecule has 0 saturated carbocycles. The zero-order valence-corrected chi connectivity index (χ0v) is 8.07. The maximum Gasteiger partial charge on any atom is 0.397 e. The molecule has 8 heteroatoms. The molecule has 1 saturated heterocycles. The molecule has 1 aliphatic rings. The molecule has 1 rings (SSSR count). The van der Waals surface area contributed by atoms with Gasteiger partial charge in [-0.2, -0.15) is 13.2 Å². The van der Waals surface area contributed by atoms with E-state index in [0.29, 0.717) is 4.90 Å². The fourth-order valence-electron chi connectivity index (χ4n) is 1.60. The largest absolute Gasteiger partial charge is 0.480 e. The zero-order chi connectivity index (χ0) is 12.5. The van der Waals surface area contributed by atoms with Crippen LogP contribution < -0.4 is 0 Å². The van der Waals surface area contributed by atoms with Gasteiger partial charge in [0.15, 0.2) is 0 Å². The number of rotatable bonds is 2. The Morgan fingerprint density at radius 2 is 1.94 bits per heavy atom. The summed E-state index contributed by atoms with van der Waals surface area (Å²) in [6, 6.07) is -1.37. The van der Waals surface area contributed by atoms with Gasteiger partial charge in [-0.1, -0.05) is 0 Å². The second-order valence-electron chi connectivity index (χ2n) is 3.58. The summed E-state index contributed by atoms with van der Waals surface area (Å²) >= 11 is 0. The third-order valence-electron chi connectivity index (χ3n) is 2.24. The van der Waals surface area contributed by atoms with Crippen LogP contribution in [0.25, 0.3) is 0 Å². The minimum absolute atomic E-state index is 0.237. The summed E-state index contributed by atoms with van der Waals surface area (Å²) in [6.45, 7) is -0.369. The third-order valence-corrected chi connectivity index (χ3v) is 2.24. The molecule has 16 heavy (non-hydrogen) atoms. The molecule has 5 nitrogen and oxygen atoms in total. The molecule has 1 heterocycles. The number of carbonyl (C=O) groups is 2. The van der Waals surface area contributed by atoms with Crippen molar-refractivity contribution < 1.29 is 33.0 Å². The van der Waals surface area contributed by atoms with E-state index in [2.05, 4.69) is 0 Å². The Kier molecular flexibility index (Phi) is 3.41. The number of hydrogen-bond acceptors (Lipinski definition) is 3. The minimum atomic E-state index is -4.67. The van der Waals surface area contributed by atoms with Gasteiger partial charge in [-0.3, -0.25) is 4.79 Å². The molecule has 0 unspecified atom stereocenters. The fourth-order valence-corrected chi connectivity index (χ4v) is 1.60. The molecule has 2 atom stereocenters. The van der Waals surface area contributed by atoms with Crippen LogP contribution in [0.4, 0.5) is 13.2 Å². The third kappa shape index (κ3) is 3.09. The zero-order valence-electron chi connectivity index (χ0n) is 8.07. The normalized spacial score (nSPS) is 25.9. The number of halogens is 3. The lowest BCUT2D eigenvalue weighted by Crippen LogP contribution is -2.42. The van der Waals surface area contributed by atoms with Crippen LogP contribution in [0, 0.1) is 0 Å². The number of aliphatic hydroxyl groups excluding tert-OH is 1. The predicted molar refractivity (Wildman–Crippen MR) is 44.4 cm³/mol. The monoisotopic (exact) mass is 241 g/mol. The molecule has 1 amide bonds. The van der Waals surface area contributed by atoms with E-state index in [1.165, 1.54) is 0 Å². The van der Waals surface area contributed by atoms with Gasteiger partial charge in [0.05, 0.1) is 6.10 Å². The molecule has 0 bridgehead atoms. The average Bonchev–Trinajstić information content (AvgIpc) is 2.44. The van der Waals surface area contributed by atoms with E-state index in [-0.39, 0.29) is 13.0 Å². The summed E-state index contributed by atoms with van der Waals surface area (Å²) < 4.78 is 35.8. The highest BCUT2D eigenvalue weighted by molar-refractivity contribution is 5.84. The lowest BCUT2D eigenvalue weighted by Gasteiger charge is -2.21. The van der Waals surface area contributed by atoms with Crippen LogP contribution in [0.15, 0.2) is 0 Å². The van der Waals surface area contributed by atoms with E-state index in [1.807, 2.05) is 0 Å². The molecule has 2 N–H and O–H groups in total. The first-order valence-electron chi connectivity index (χ1n) is 4.48. The number of likely N-dealkylation sites (tertiary alicyclic amines) is 1. The number of aliphatic hydroxyl groups is 1. The standard InChI is InChI=1S/C8H10F3NO4/c9-8(10,11)2-6(14)12-3-4(13)1-5(12)7(15)16/h4-5,13H,1-3H2,(H,15,16)/t4-,5-/m0/s1. The van der Waals surface area contributed by atoms with Crippen LogP contribution in [0.5, 0.6) is 0 Å². The van der Waals surface area contributed by atoms with Crippen LogP contribution in [0.3, 0.4) is 0 Å². The maximum absolute atomic E-state index is 11.9. The molecule has 0 radical (unpaired) electrons. The lowest BCUT2D eigenvalue weighted by atomic mass is 10.2. The first-order chi connectivity index (χ1) is 7.20. The SMILES string of the molecule is O=C(O)[C@@H]1C[C@H](O)CN1C(=O)CC(F)(F)F. The van der Waals surface area contributed by atoms with Crippen LogP contribution in [-0.2, 0) is 9.59 Å². The van der Waals surface area contributed by atoms with Crippen molar-refractivity contribution >= 4 is 11.9 Å². The average molecular weight is 241 g/mol. The van der Waals surface area contributed by atoms with Crippen LogP contribution >= 0.6 is 0 Å². The number of alkyl halides is 3. The summed E-state index contributed by atoms with van der Waals surface area (Å²) in [7, 11) is 0. The van der Waals surface area contributed by atoms with Gasteiger partial charge >= 0.3 is 12.1 Å². The Morgan fingerprint density at radius 1 is 1.38 bits per heavy atom. The van der Waals surface area contributed by atoms with Gasteiger partial charge in [0, 0.05) is 13.0 Å². The molecule has 0 aliphatic carbocycles. The van der Waals surface area contributed by atoms with E-state index in [1.54, 1.807) is 0 Å². The molecule has 0 aromatic rings. The minimum Gasteiger partial charge on any atom is -0.480 e. The molecule has 0 spiro atoms.